The summed E-state index contributed by atoms with van der Waals surface area (Å²) in [7, 11) is 0. The van der Waals surface area contributed by atoms with Gasteiger partial charge in [-0.2, -0.15) is 0 Å². The highest BCUT2D eigenvalue weighted by molar-refractivity contribution is 7.98. The van der Waals surface area contributed by atoms with Crippen molar-refractivity contribution in [2.24, 2.45) is 0 Å². The number of aromatic nitrogens is 2. The predicted octanol–water partition coefficient (Wildman–Crippen LogP) is 5.54. The van der Waals surface area contributed by atoms with E-state index in [1.54, 1.807) is 0 Å². The van der Waals surface area contributed by atoms with E-state index in [2.05, 4.69) is 46.6 Å². The normalized spacial score (nSPS) is 15.2. The third-order valence-electron chi connectivity index (χ3n) is 4.63. The van der Waals surface area contributed by atoms with Crippen LogP contribution in [0.2, 0.25) is 0 Å². The van der Waals surface area contributed by atoms with E-state index in [-0.39, 0.29) is 0 Å². The lowest BCUT2D eigenvalue weighted by atomic mass is 10.0. The second-order valence-electron chi connectivity index (χ2n) is 6.62. The summed E-state index contributed by atoms with van der Waals surface area (Å²) >= 11 is 1.51. The molecule has 0 bridgehead atoms. The molecule has 144 valence electrons. The molecule has 5 rings (SSSR count). The van der Waals surface area contributed by atoms with Crippen molar-refractivity contribution in [3.8, 4) is 22.6 Å². The van der Waals surface area contributed by atoms with Gasteiger partial charge in [-0.1, -0.05) is 78.5 Å². The van der Waals surface area contributed by atoms with Crippen LogP contribution in [-0.4, -0.2) is 16.8 Å². The fourth-order valence-electron chi connectivity index (χ4n) is 3.12. The summed E-state index contributed by atoms with van der Waals surface area (Å²) in [5.74, 6) is 2.61. The van der Waals surface area contributed by atoms with Gasteiger partial charge < -0.3 is 13.9 Å². The van der Waals surface area contributed by atoms with Gasteiger partial charge in [0.05, 0.1) is 0 Å². The molecular formula is C23H18N2O3S. The molecule has 0 fully saturated rings. The molecule has 1 aromatic heterocycles. The van der Waals surface area contributed by atoms with Gasteiger partial charge in [0.2, 0.25) is 6.10 Å². The summed E-state index contributed by atoms with van der Waals surface area (Å²) in [6.45, 7) is 0.351. The van der Waals surface area contributed by atoms with E-state index in [0.717, 1.165) is 11.5 Å². The highest BCUT2D eigenvalue weighted by atomic mass is 32.2. The number of thioether (sulfide) groups is 1. The standard InChI is InChI=1S/C23H18N2O3S/c1-2-6-17(7-3-1)18-12-10-16(11-13-18)15-29-23-25-24-22(28-23)21-14-26-19-8-4-5-9-20(19)27-21/h1-13,21H,14-15H2/t21-/m0/s1. The van der Waals surface area contributed by atoms with E-state index in [1.165, 1.54) is 28.5 Å². The number of para-hydroxylation sites is 2. The zero-order chi connectivity index (χ0) is 19.5. The maximum atomic E-state index is 5.92. The maximum absolute atomic E-state index is 5.92. The predicted molar refractivity (Wildman–Crippen MR) is 111 cm³/mol. The van der Waals surface area contributed by atoms with Gasteiger partial charge in [-0.25, -0.2) is 0 Å². The molecule has 3 aromatic carbocycles. The van der Waals surface area contributed by atoms with Gasteiger partial charge in [-0.3, -0.25) is 0 Å². The van der Waals surface area contributed by atoms with E-state index in [9.17, 15) is 0 Å². The van der Waals surface area contributed by atoms with Crippen molar-refractivity contribution in [3.05, 3.63) is 90.3 Å². The maximum Gasteiger partial charge on any atom is 0.277 e. The summed E-state index contributed by atoms with van der Waals surface area (Å²) < 4.78 is 17.4. The second-order valence-corrected chi connectivity index (χ2v) is 7.55. The minimum Gasteiger partial charge on any atom is -0.485 e. The molecule has 1 aliphatic rings. The molecule has 4 aromatic rings. The van der Waals surface area contributed by atoms with Crippen LogP contribution in [0.4, 0.5) is 0 Å². The van der Waals surface area contributed by atoms with Crippen LogP contribution in [0.15, 0.2) is 88.5 Å². The number of rotatable bonds is 5. The van der Waals surface area contributed by atoms with Crippen LogP contribution in [0.5, 0.6) is 11.5 Å². The van der Waals surface area contributed by atoms with Crippen LogP contribution in [0.3, 0.4) is 0 Å². The van der Waals surface area contributed by atoms with E-state index in [1.807, 2.05) is 42.5 Å². The number of benzene rings is 3. The summed E-state index contributed by atoms with van der Waals surface area (Å²) in [4.78, 5) is 0. The molecule has 0 aliphatic carbocycles. The molecule has 0 radical (unpaired) electrons. The van der Waals surface area contributed by atoms with Crippen molar-refractivity contribution in [2.75, 3.05) is 6.61 Å². The van der Waals surface area contributed by atoms with E-state index in [4.69, 9.17) is 13.9 Å². The molecule has 1 atom stereocenters. The Labute approximate surface area is 172 Å². The minimum absolute atomic E-state index is 0.351. The first-order valence-electron chi connectivity index (χ1n) is 9.34. The molecule has 0 N–H and O–H groups in total. The van der Waals surface area contributed by atoms with Crippen molar-refractivity contribution in [1.82, 2.24) is 10.2 Å². The summed E-state index contributed by atoms with van der Waals surface area (Å²) in [6.07, 6.45) is -0.392. The molecule has 2 heterocycles. The molecule has 5 nitrogen and oxygen atoms in total. The lowest BCUT2D eigenvalue weighted by molar-refractivity contribution is 0.0686. The quantitative estimate of drug-likeness (QED) is 0.409. The SMILES string of the molecule is c1ccc(-c2ccc(CSc3nnc([C@@H]4COc5ccccc5O4)o3)cc2)cc1. The highest BCUT2D eigenvalue weighted by Gasteiger charge is 2.27. The topological polar surface area (TPSA) is 57.4 Å². The van der Waals surface area contributed by atoms with Gasteiger partial charge in [-0.15, -0.1) is 10.2 Å². The summed E-state index contributed by atoms with van der Waals surface area (Å²) in [5.41, 5.74) is 3.61. The average Bonchev–Trinajstić information content (AvgIpc) is 3.27. The van der Waals surface area contributed by atoms with Gasteiger partial charge >= 0.3 is 0 Å². The highest BCUT2D eigenvalue weighted by Crippen LogP contribution is 2.36. The molecule has 6 heteroatoms. The van der Waals surface area contributed by atoms with Gasteiger partial charge in [0.15, 0.2) is 11.5 Å². The number of fused-ring (bicyclic) bond motifs is 1. The Kier molecular flexibility index (Phi) is 4.92. The first-order chi connectivity index (χ1) is 14.3. The van der Waals surface area contributed by atoms with Gasteiger partial charge in [-0.05, 0) is 28.8 Å². The van der Waals surface area contributed by atoms with Gasteiger partial charge in [0.1, 0.15) is 6.61 Å². The summed E-state index contributed by atoms with van der Waals surface area (Å²) in [5, 5.41) is 8.80. The molecular weight excluding hydrogens is 384 g/mol. The third kappa shape index (κ3) is 3.98. The Morgan fingerprint density at radius 2 is 1.52 bits per heavy atom. The van der Waals surface area contributed by atoms with Crippen LogP contribution in [0.1, 0.15) is 17.6 Å². The van der Waals surface area contributed by atoms with E-state index in [0.29, 0.717) is 23.5 Å². The first-order valence-corrected chi connectivity index (χ1v) is 10.3. The van der Waals surface area contributed by atoms with Crippen LogP contribution < -0.4 is 9.47 Å². The minimum atomic E-state index is -0.392. The van der Waals surface area contributed by atoms with Crippen LogP contribution in [0, 0.1) is 0 Å². The van der Waals surface area contributed by atoms with Crippen molar-refractivity contribution >= 4 is 11.8 Å². The van der Waals surface area contributed by atoms with Crippen LogP contribution in [0.25, 0.3) is 11.1 Å². The van der Waals surface area contributed by atoms with Crippen molar-refractivity contribution < 1.29 is 13.9 Å². The summed E-state index contributed by atoms with van der Waals surface area (Å²) in [6, 6.07) is 26.4. The monoisotopic (exact) mass is 402 g/mol. The van der Waals surface area contributed by atoms with Crippen LogP contribution in [-0.2, 0) is 5.75 Å². The largest absolute Gasteiger partial charge is 0.485 e. The fourth-order valence-corrected chi connectivity index (χ4v) is 3.84. The Balaban J connectivity index is 1.21. The number of hydrogen-bond acceptors (Lipinski definition) is 6. The van der Waals surface area contributed by atoms with Crippen molar-refractivity contribution in [1.29, 1.82) is 0 Å². The number of hydrogen-bond donors (Lipinski definition) is 0. The molecule has 0 unspecified atom stereocenters. The Morgan fingerprint density at radius 1 is 0.793 bits per heavy atom. The molecule has 0 spiro atoms. The molecule has 29 heavy (non-hydrogen) atoms. The molecule has 1 aliphatic heterocycles. The van der Waals surface area contributed by atoms with Crippen LogP contribution >= 0.6 is 11.8 Å². The Morgan fingerprint density at radius 3 is 2.34 bits per heavy atom. The number of ether oxygens (including phenoxy) is 2. The number of nitrogens with zero attached hydrogens (tertiary/aromatic N) is 2. The van der Waals surface area contributed by atoms with E-state index >= 15 is 0 Å². The van der Waals surface area contributed by atoms with Gasteiger partial charge in [0, 0.05) is 5.75 Å². The third-order valence-corrected chi connectivity index (χ3v) is 5.52. The lowest BCUT2D eigenvalue weighted by Gasteiger charge is -2.23. The fraction of sp³-hybridized carbons (Fsp3) is 0.130. The average molecular weight is 402 g/mol. The van der Waals surface area contributed by atoms with Crippen molar-refractivity contribution in [3.63, 3.8) is 0 Å². The molecule has 0 saturated heterocycles. The molecule has 0 saturated carbocycles. The zero-order valence-electron chi connectivity index (χ0n) is 15.5. The van der Waals surface area contributed by atoms with E-state index < -0.39 is 6.10 Å². The second kappa shape index (κ2) is 8.01. The zero-order valence-corrected chi connectivity index (χ0v) is 16.3. The molecule has 0 amide bonds. The van der Waals surface area contributed by atoms with Crippen molar-refractivity contribution in [2.45, 2.75) is 17.1 Å². The first kappa shape index (κ1) is 17.8. The van der Waals surface area contributed by atoms with Gasteiger partial charge in [0.25, 0.3) is 11.1 Å². The Bertz CT molecular complexity index is 1100. The smallest absolute Gasteiger partial charge is 0.277 e. The Hall–Kier alpha value is -3.25. The lowest BCUT2D eigenvalue weighted by Crippen LogP contribution is -2.21.